The van der Waals surface area contributed by atoms with Crippen molar-refractivity contribution in [1.82, 2.24) is 15.2 Å². The SMILES string of the molecule is CCCNCc1nc(COCCN(C(C)C)C(C)C)cs1. The molecule has 0 saturated carbocycles. The highest BCUT2D eigenvalue weighted by Gasteiger charge is 2.12. The number of rotatable bonds is 11. The van der Waals surface area contributed by atoms with E-state index in [4.69, 9.17) is 4.74 Å². The Labute approximate surface area is 133 Å². The van der Waals surface area contributed by atoms with Gasteiger partial charge in [0.1, 0.15) is 5.01 Å². The smallest absolute Gasteiger partial charge is 0.107 e. The molecule has 0 fully saturated rings. The molecule has 4 nitrogen and oxygen atoms in total. The lowest BCUT2D eigenvalue weighted by molar-refractivity contribution is 0.0687. The van der Waals surface area contributed by atoms with Crippen molar-refractivity contribution in [2.75, 3.05) is 19.7 Å². The maximum atomic E-state index is 5.77. The van der Waals surface area contributed by atoms with Gasteiger partial charge in [0.05, 0.1) is 18.9 Å². The molecule has 1 aromatic rings. The van der Waals surface area contributed by atoms with E-state index in [2.05, 4.69) is 55.2 Å². The first kappa shape index (κ1) is 18.6. The monoisotopic (exact) mass is 313 g/mol. The first-order chi connectivity index (χ1) is 10.0. The lowest BCUT2D eigenvalue weighted by Crippen LogP contribution is -2.39. The largest absolute Gasteiger partial charge is 0.374 e. The topological polar surface area (TPSA) is 37.4 Å². The Morgan fingerprint density at radius 1 is 1.29 bits per heavy atom. The Bertz CT molecular complexity index is 371. The zero-order valence-corrected chi connectivity index (χ0v) is 15.0. The van der Waals surface area contributed by atoms with E-state index in [0.29, 0.717) is 18.7 Å². The fourth-order valence-corrected chi connectivity index (χ4v) is 3.08. The van der Waals surface area contributed by atoms with E-state index < -0.39 is 0 Å². The van der Waals surface area contributed by atoms with Crippen molar-refractivity contribution in [3.05, 3.63) is 16.1 Å². The van der Waals surface area contributed by atoms with Crippen molar-refractivity contribution in [2.45, 2.75) is 66.3 Å². The van der Waals surface area contributed by atoms with Crippen LogP contribution in [-0.2, 0) is 17.9 Å². The van der Waals surface area contributed by atoms with E-state index in [1.807, 2.05) is 0 Å². The van der Waals surface area contributed by atoms with Gasteiger partial charge in [0.15, 0.2) is 0 Å². The summed E-state index contributed by atoms with van der Waals surface area (Å²) < 4.78 is 5.77. The number of aromatic nitrogens is 1. The van der Waals surface area contributed by atoms with Gasteiger partial charge < -0.3 is 10.1 Å². The molecule has 0 bridgehead atoms. The summed E-state index contributed by atoms with van der Waals surface area (Å²) in [5.41, 5.74) is 1.05. The maximum absolute atomic E-state index is 5.77. The summed E-state index contributed by atoms with van der Waals surface area (Å²) in [6.07, 6.45) is 1.16. The second kappa shape index (κ2) is 10.3. The molecule has 1 heterocycles. The molecule has 1 N–H and O–H groups in total. The number of thiazole rings is 1. The third-order valence-corrected chi connectivity index (χ3v) is 4.27. The average molecular weight is 314 g/mol. The Kier molecular flexibility index (Phi) is 9.08. The summed E-state index contributed by atoms with van der Waals surface area (Å²) in [5, 5.41) is 6.62. The molecular formula is C16H31N3OS. The highest BCUT2D eigenvalue weighted by molar-refractivity contribution is 7.09. The molecule has 0 aliphatic rings. The van der Waals surface area contributed by atoms with Crippen LogP contribution in [0.15, 0.2) is 5.38 Å². The normalized spacial score (nSPS) is 12.0. The van der Waals surface area contributed by atoms with E-state index in [1.54, 1.807) is 11.3 Å². The quantitative estimate of drug-likeness (QED) is 0.636. The molecule has 122 valence electrons. The van der Waals surface area contributed by atoms with Gasteiger partial charge in [-0.1, -0.05) is 6.92 Å². The van der Waals surface area contributed by atoms with Gasteiger partial charge in [-0.05, 0) is 40.7 Å². The van der Waals surface area contributed by atoms with E-state index >= 15 is 0 Å². The summed E-state index contributed by atoms with van der Waals surface area (Å²) in [6.45, 7) is 15.4. The third-order valence-electron chi connectivity index (χ3n) is 3.37. The summed E-state index contributed by atoms with van der Waals surface area (Å²) >= 11 is 1.71. The minimum Gasteiger partial charge on any atom is -0.374 e. The highest BCUT2D eigenvalue weighted by atomic mass is 32.1. The van der Waals surface area contributed by atoms with Crippen LogP contribution < -0.4 is 5.32 Å². The lowest BCUT2D eigenvalue weighted by Gasteiger charge is -2.30. The van der Waals surface area contributed by atoms with Gasteiger partial charge in [0, 0.05) is 30.6 Å². The van der Waals surface area contributed by atoms with Crippen molar-refractivity contribution in [2.24, 2.45) is 0 Å². The summed E-state index contributed by atoms with van der Waals surface area (Å²) in [4.78, 5) is 7.03. The highest BCUT2D eigenvalue weighted by Crippen LogP contribution is 2.11. The van der Waals surface area contributed by atoms with Crippen LogP contribution in [0.25, 0.3) is 0 Å². The standard InChI is InChI=1S/C16H31N3OS/c1-6-7-17-10-16-18-15(12-21-16)11-20-9-8-19(13(2)3)14(4)5/h12-14,17H,6-11H2,1-5H3. The van der Waals surface area contributed by atoms with Gasteiger partial charge >= 0.3 is 0 Å². The Hall–Kier alpha value is -0.490. The second-order valence-corrected chi connectivity index (χ2v) is 6.83. The average Bonchev–Trinajstić information content (AvgIpc) is 2.86. The molecule has 0 spiro atoms. The van der Waals surface area contributed by atoms with Crippen molar-refractivity contribution < 1.29 is 4.74 Å². The number of hydrogen-bond acceptors (Lipinski definition) is 5. The molecular weight excluding hydrogens is 282 g/mol. The van der Waals surface area contributed by atoms with E-state index in [1.165, 1.54) is 0 Å². The van der Waals surface area contributed by atoms with Gasteiger partial charge in [-0.2, -0.15) is 0 Å². The van der Waals surface area contributed by atoms with Crippen molar-refractivity contribution in [3.63, 3.8) is 0 Å². The molecule has 21 heavy (non-hydrogen) atoms. The van der Waals surface area contributed by atoms with Gasteiger partial charge in [-0.3, -0.25) is 4.90 Å². The predicted molar refractivity (Wildman–Crippen MR) is 90.7 cm³/mol. The molecule has 0 saturated heterocycles. The first-order valence-corrected chi connectivity index (χ1v) is 8.90. The zero-order valence-electron chi connectivity index (χ0n) is 14.2. The van der Waals surface area contributed by atoms with Gasteiger partial charge in [-0.15, -0.1) is 11.3 Å². The van der Waals surface area contributed by atoms with Gasteiger partial charge in [-0.25, -0.2) is 4.98 Å². The molecule has 1 aromatic heterocycles. The van der Waals surface area contributed by atoms with Crippen LogP contribution in [0.3, 0.4) is 0 Å². The molecule has 5 heteroatoms. The predicted octanol–water partition coefficient (Wildman–Crippen LogP) is 3.28. The third kappa shape index (κ3) is 7.36. The van der Waals surface area contributed by atoms with Crippen LogP contribution in [0.1, 0.15) is 51.7 Å². The van der Waals surface area contributed by atoms with E-state index in [0.717, 1.165) is 43.4 Å². The van der Waals surface area contributed by atoms with Crippen LogP contribution >= 0.6 is 11.3 Å². The second-order valence-electron chi connectivity index (χ2n) is 5.89. The molecule has 0 aromatic carbocycles. The first-order valence-electron chi connectivity index (χ1n) is 8.02. The van der Waals surface area contributed by atoms with Crippen LogP contribution in [0.4, 0.5) is 0 Å². The molecule has 0 radical (unpaired) electrons. The van der Waals surface area contributed by atoms with Gasteiger partial charge in [0.25, 0.3) is 0 Å². The maximum Gasteiger partial charge on any atom is 0.107 e. The lowest BCUT2D eigenvalue weighted by atomic mass is 10.2. The molecule has 0 amide bonds. The summed E-state index contributed by atoms with van der Waals surface area (Å²) in [7, 11) is 0. The minimum absolute atomic E-state index is 0.559. The molecule has 0 aliphatic carbocycles. The van der Waals surface area contributed by atoms with E-state index in [9.17, 15) is 0 Å². The van der Waals surface area contributed by atoms with Crippen molar-refractivity contribution in [3.8, 4) is 0 Å². The van der Waals surface area contributed by atoms with Crippen LogP contribution in [0.2, 0.25) is 0 Å². The number of nitrogens with zero attached hydrogens (tertiary/aromatic N) is 2. The Balaban J connectivity index is 2.23. The molecule has 0 aliphatic heterocycles. The van der Waals surface area contributed by atoms with Crippen molar-refractivity contribution >= 4 is 11.3 Å². The number of nitrogens with one attached hydrogen (secondary N) is 1. The summed E-state index contributed by atoms with van der Waals surface area (Å²) in [5.74, 6) is 0. The molecule has 1 rings (SSSR count). The molecule has 0 atom stereocenters. The van der Waals surface area contributed by atoms with Crippen LogP contribution in [0.5, 0.6) is 0 Å². The van der Waals surface area contributed by atoms with Gasteiger partial charge in [0.2, 0.25) is 0 Å². The fourth-order valence-electron chi connectivity index (χ4n) is 2.33. The number of ether oxygens (including phenoxy) is 1. The number of hydrogen-bond donors (Lipinski definition) is 1. The van der Waals surface area contributed by atoms with Crippen LogP contribution in [-0.4, -0.2) is 41.7 Å². The van der Waals surface area contributed by atoms with Crippen molar-refractivity contribution in [1.29, 1.82) is 0 Å². The zero-order chi connectivity index (χ0) is 15.7. The minimum atomic E-state index is 0.559. The van der Waals surface area contributed by atoms with E-state index in [-0.39, 0.29) is 0 Å². The fraction of sp³-hybridized carbons (Fsp3) is 0.812. The Morgan fingerprint density at radius 2 is 2.00 bits per heavy atom. The van der Waals surface area contributed by atoms with Crippen LogP contribution in [0, 0.1) is 0 Å². The molecule has 0 unspecified atom stereocenters. The Morgan fingerprint density at radius 3 is 2.62 bits per heavy atom. The summed E-state index contributed by atoms with van der Waals surface area (Å²) in [6, 6.07) is 1.12.